The van der Waals surface area contributed by atoms with Crippen LogP contribution in [0, 0.1) is 0 Å². The Morgan fingerprint density at radius 1 is 1.19 bits per heavy atom. The molecule has 1 amide bonds. The Kier molecular flexibility index (Phi) is 5.56. The first kappa shape index (κ1) is 18.8. The van der Waals surface area contributed by atoms with Gasteiger partial charge in [0.25, 0.3) is 0 Å². The van der Waals surface area contributed by atoms with Gasteiger partial charge in [-0.2, -0.15) is 0 Å². The zero-order valence-corrected chi connectivity index (χ0v) is 16.2. The highest BCUT2D eigenvalue weighted by molar-refractivity contribution is 6.37. The number of ether oxygens (including phenoxy) is 2. The lowest BCUT2D eigenvalue weighted by Crippen LogP contribution is -2.42. The number of aromatic nitrogens is 1. The topological polar surface area (TPSA) is 60.5 Å². The predicted octanol–water partition coefficient (Wildman–Crippen LogP) is 5.10. The molecule has 1 heterocycles. The molecule has 1 aromatic heterocycles. The summed E-state index contributed by atoms with van der Waals surface area (Å²) < 4.78 is 11.4. The van der Waals surface area contributed by atoms with Crippen molar-refractivity contribution in [3.63, 3.8) is 0 Å². The number of benzene rings is 1. The molecular weight excluding hydrogens is 352 g/mol. The summed E-state index contributed by atoms with van der Waals surface area (Å²) >= 11 is 6.49. The third kappa shape index (κ3) is 4.79. The minimum absolute atomic E-state index is 0.100. The van der Waals surface area contributed by atoms with Gasteiger partial charge in [-0.05, 0) is 64.7 Å². The van der Waals surface area contributed by atoms with Crippen molar-refractivity contribution < 1.29 is 14.3 Å². The Hall–Kier alpha value is -2.01. The molecule has 0 aliphatic heterocycles. The quantitative estimate of drug-likeness (QED) is 0.809. The van der Waals surface area contributed by atoms with E-state index in [9.17, 15) is 4.79 Å². The highest BCUT2D eigenvalue weighted by Gasteiger charge is 2.26. The SMILES string of the molecule is CC(C)(C)OC(=O)NC1CCC(Oc2ccc3cnccc3c2Cl)CC1. The van der Waals surface area contributed by atoms with E-state index < -0.39 is 5.60 Å². The second-order valence-electron chi connectivity index (χ2n) is 7.71. The maximum Gasteiger partial charge on any atom is 0.407 e. The van der Waals surface area contributed by atoms with Crippen molar-refractivity contribution in [1.82, 2.24) is 10.3 Å². The zero-order chi connectivity index (χ0) is 18.7. The fraction of sp³-hybridized carbons (Fsp3) is 0.500. The summed E-state index contributed by atoms with van der Waals surface area (Å²) in [5.41, 5.74) is -0.479. The molecule has 1 aliphatic rings. The van der Waals surface area contributed by atoms with E-state index in [2.05, 4.69) is 10.3 Å². The van der Waals surface area contributed by atoms with Crippen molar-refractivity contribution in [1.29, 1.82) is 0 Å². The predicted molar refractivity (Wildman–Crippen MR) is 103 cm³/mol. The van der Waals surface area contributed by atoms with Crippen LogP contribution >= 0.6 is 11.6 Å². The van der Waals surface area contributed by atoms with E-state index in [0.29, 0.717) is 10.8 Å². The van der Waals surface area contributed by atoms with E-state index in [4.69, 9.17) is 21.1 Å². The van der Waals surface area contributed by atoms with Gasteiger partial charge in [0.1, 0.15) is 11.4 Å². The Labute approximate surface area is 159 Å². The van der Waals surface area contributed by atoms with Crippen LogP contribution in [0.4, 0.5) is 4.79 Å². The van der Waals surface area contributed by atoms with Crippen molar-refractivity contribution in [2.45, 2.75) is 64.2 Å². The molecule has 0 unspecified atom stereocenters. The Bertz CT molecular complexity index is 780. The number of rotatable bonds is 3. The van der Waals surface area contributed by atoms with Gasteiger partial charge in [-0.1, -0.05) is 11.6 Å². The number of halogens is 1. The second kappa shape index (κ2) is 7.70. The van der Waals surface area contributed by atoms with Crippen LogP contribution in [0.25, 0.3) is 10.8 Å². The fourth-order valence-electron chi connectivity index (χ4n) is 3.18. The molecule has 2 aromatic rings. The van der Waals surface area contributed by atoms with Crippen LogP contribution in [-0.4, -0.2) is 28.8 Å². The molecule has 0 spiro atoms. The van der Waals surface area contributed by atoms with Gasteiger partial charge in [-0.3, -0.25) is 4.98 Å². The summed E-state index contributed by atoms with van der Waals surface area (Å²) in [5.74, 6) is 0.703. The lowest BCUT2D eigenvalue weighted by molar-refractivity contribution is 0.0471. The van der Waals surface area contributed by atoms with Crippen LogP contribution < -0.4 is 10.1 Å². The third-order valence-corrected chi connectivity index (χ3v) is 4.80. The first-order chi connectivity index (χ1) is 12.3. The number of amides is 1. The van der Waals surface area contributed by atoms with Crippen molar-refractivity contribution in [3.05, 3.63) is 35.6 Å². The smallest absolute Gasteiger partial charge is 0.407 e. The van der Waals surface area contributed by atoms with E-state index in [0.717, 1.165) is 36.5 Å². The van der Waals surface area contributed by atoms with Gasteiger partial charge in [-0.15, -0.1) is 0 Å². The maximum atomic E-state index is 11.9. The highest BCUT2D eigenvalue weighted by atomic mass is 35.5. The summed E-state index contributed by atoms with van der Waals surface area (Å²) in [6, 6.07) is 5.89. The third-order valence-electron chi connectivity index (χ3n) is 4.41. The van der Waals surface area contributed by atoms with Crippen molar-refractivity contribution in [3.8, 4) is 5.75 Å². The summed E-state index contributed by atoms with van der Waals surface area (Å²) in [6.07, 6.45) is 6.72. The minimum atomic E-state index is -0.479. The number of carbonyl (C=O) groups excluding carboxylic acids is 1. The number of hydrogen-bond acceptors (Lipinski definition) is 4. The van der Waals surface area contributed by atoms with Crippen LogP contribution in [-0.2, 0) is 4.74 Å². The number of carbonyl (C=O) groups is 1. The fourth-order valence-corrected chi connectivity index (χ4v) is 3.46. The van der Waals surface area contributed by atoms with Crippen molar-refractivity contribution in [2.24, 2.45) is 0 Å². The largest absolute Gasteiger partial charge is 0.489 e. The van der Waals surface area contributed by atoms with E-state index in [1.54, 1.807) is 12.4 Å². The molecule has 1 fully saturated rings. The highest BCUT2D eigenvalue weighted by Crippen LogP contribution is 2.34. The average molecular weight is 377 g/mol. The van der Waals surface area contributed by atoms with E-state index >= 15 is 0 Å². The number of hydrogen-bond donors (Lipinski definition) is 1. The molecule has 26 heavy (non-hydrogen) atoms. The Morgan fingerprint density at radius 3 is 2.62 bits per heavy atom. The first-order valence-electron chi connectivity index (χ1n) is 9.00. The monoisotopic (exact) mass is 376 g/mol. The van der Waals surface area contributed by atoms with Gasteiger partial charge < -0.3 is 14.8 Å². The Balaban J connectivity index is 1.54. The Morgan fingerprint density at radius 2 is 1.92 bits per heavy atom. The first-order valence-corrected chi connectivity index (χ1v) is 9.38. The normalized spacial score (nSPS) is 20.6. The number of nitrogens with zero attached hydrogens (tertiary/aromatic N) is 1. The maximum absolute atomic E-state index is 11.9. The summed E-state index contributed by atoms with van der Waals surface area (Å²) in [4.78, 5) is 16.0. The van der Waals surface area contributed by atoms with Crippen LogP contribution in [0.5, 0.6) is 5.75 Å². The molecule has 0 atom stereocenters. The van der Waals surface area contributed by atoms with Gasteiger partial charge in [0.05, 0.1) is 11.1 Å². The van der Waals surface area contributed by atoms with Crippen LogP contribution in [0.3, 0.4) is 0 Å². The average Bonchev–Trinajstić information content (AvgIpc) is 2.57. The molecule has 1 saturated carbocycles. The van der Waals surface area contributed by atoms with E-state index in [1.165, 1.54) is 0 Å². The zero-order valence-electron chi connectivity index (χ0n) is 15.4. The van der Waals surface area contributed by atoms with Crippen molar-refractivity contribution >= 4 is 28.5 Å². The van der Waals surface area contributed by atoms with E-state index in [1.807, 2.05) is 39.0 Å². The summed E-state index contributed by atoms with van der Waals surface area (Å²) in [5, 5.41) is 5.51. The second-order valence-corrected chi connectivity index (χ2v) is 8.09. The molecule has 1 aromatic carbocycles. The minimum Gasteiger partial charge on any atom is -0.489 e. The molecule has 3 rings (SSSR count). The number of alkyl carbamates (subject to hydrolysis) is 1. The van der Waals surface area contributed by atoms with Crippen LogP contribution in [0.2, 0.25) is 5.02 Å². The lowest BCUT2D eigenvalue weighted by atomic mass is 9.93. The number of fused-ring (bicyclic) bond motifs is 1. The lowest BCUT2D eigenvalue weighted by Gasteiger charge is -2.30. The number of pyridine rings is 1. The van der Waals surface area contributed by atoms with Gasteiger partial charge >= 0.3 is 6.09 Å². The molecular formula is C20H25ClN2O3. The number of nitrogens with one attached hydrogen (secondary N) is 1. The van der Waals surface area contributed by atoms with Gasteiger partial charge in [0.15, 0.2) is 0 Å². The van der Waals surface area contributed by atoms with Crippen LogP contribution in [0.15, 0.2) is 30.6 Å². The molecule has 1 N–H and O–H groups in total. The molecule has 5 nitrogen and oxygen atoms in total. The van der Waals surface area contributed by atoms with Crippen LogP contribution in [0.1, 0.15) is 46.5 Å². The van der Waals surface area contributed by atoms with Gasteiger partial charge in [0.2, 0.25) is 0 Å². The molecule has 0 saturated heterocycles. The summed E-state index contributed by atoms with van der Waals surface area (Å²) in [7, 11) is 0. The van der Waals surface area contributed by atoms with Gasteiger partial charge in [-0.25, -0.2) is 4.79 Å². The molecule has 0 bridgehead atoms. The molecule has 140 valence electrons. The summed E-state index contributed by atoms with van der Waals surface area (Å²) in [6.45, 7) is 5.59. The molecule has 6 heteroatoms. The standard InChI is InChI=1S/C20H25ClN2O3/c1-20(2,3)26-19(24)23-14-5-7-15(8-6-14)25-17-9-4-13-12-22-11-10-16(13)18(17)21/h4,9-12,14-15H,5-8H2,1-3H3,(H,23,24). The van der Waals surface area contributed by atoms with Crippen molar-refractivity contribution in [2.75, 3.05) is 0 Å². The van der Waals surface area contributed by atoms with E-state index in [-0.39, 0.29) is 18.2 Å². The molecule has 1 aliphatic carbocycles. The van der Waals surface area contributed by atoms with Gasteiger partial charge in [0, 0.05) is 29.2 Å². The molecule has 0 radical (unpaired) electrons.